The number of rotatable bonds is 4. The molecule has 0 bridgehead atoms. The highest BCUT2D eigenvalue weighted by Gasteiger charge is 2.12. The van der Waals surface area contributed by atoms with E-state index in [1.54, 1.807) is 12.1 Å². The van der Waals surface area contributed by atoms with E-state index in [2.05, 4.69) is 36.5 Å². The average Bonchev–Trinajstić information content (AvgIpc) is 2.39. The van der Waals surface area contributed by atoms with Crippen molar-refractivity contribution in [2.24, 2.45) is 0 Å². The standard InChI is InChI=1S/C14H16BrFN4/c1-4-17-13-8(2)14(19-9(3)18-13)20-12-10(15)6-5-7-11(12)16/h5-7H,4H2,1-3H3,(H2,17,18,19,20). The Labute approximate surface area is 126 Å². The third-order valence-electron chi connectivity index (χ3n) is 2.81. The van der Waals surface area contributed by atoms with E-state index in [4.69, 9.17) is 0 Å². The van der Waals surface area contributed by atoms with Gasteiger partial charge >= 0.3 is 0 Å². The number of benzene rings is 1. The van der Waals surface area contributed by atoms with Crippen LogP contribution in [0.5, 0.6) is 0 Å². The molecule has 0 saturated heterocycles. The van der Waals surface area contributed by atoms with Crippen molar-refractivity contribution in [3.8, 4) is 0 Å². The number of aryl methyl sites for hydroxylation is 1. The van der Waals surface area contributed by atoms with E-state index in [0.29, 0.717) is 21.8 Å². The number of hydrogen-bond donors (Lipinski definition) is 2. The lowest BCUT2D eigenvalue weighted by molar-refractivity contribution is 0.631. The second-order valence-corrected chi connectivity index (χ2v) is 5.20. The molecule has 0 aliphatic heterocycles. The van der Waals surface area contributed by atoms with Crippen molar-refractivity contribution in [1.82, 2.24) is 9.97 Å². The van der Waals surface area contributed by atoms with E-state index < -0.39 is 0 Å². The summed E-state index contributed by atoms with van der Waals surface area (Å²) in [5.74, 6) is 1.65. The molecule has 0 fully saturated rings. The smallest absolute Gasteiger partial charge is 0.147 e. The number of hydrogen-bond acceptors (Lipinski definition) is 4. The molecule has 1 aromatic carbocycles. The third-order valence-corrected chi connectivity index (χ3v) is 3.47. The first-order valence-electron chi connectivity index (χ1n) is 6.33. The second-order valence-electron chi connectivity index (χ2n) is 4.35. The minimum Gasteiger partial charge on any atom is -0.370 e. The van der Waals surface area contributed by atoms with Gasteiger partial charge in [0.1, 0.15) is 23.3 Å². The predicted octanol–water partition coefficient (Wildman–Crippen LogP) is 4.17. The zero-order valence-corrected chi connectivity index (χ0v) is 13.2. The lowest BCUT2D eigenvalue weighted by Crippen LogP contribution is -2.08. The lowest BCUT2D eigenvalue weighted by atomic mass is 10.2. The van der Waals surface area contributed by atoms with Crippen LogP contribution in [0, 0.1) is 19.7 Å². The number of nitrogens with zero attached hydrogens (tertiary/aromatic N) is 2. The molecule has 0 atom stereocenters. The maximum atomic E-state index is 13.9. The topological polar surface area (TPSA) is 49.8 Å². The number of aromatic nitrogens is 2. The molecule has 2 aromatic rings. The molecular formula is C14H16BrFN4. The van der Waals surface area contributed by atoms with Gasteiger partial charge in [0.15, 0.2) is 0 Å². The molecule has 2 N–H and O–H groups in total. The Bertz CT molecular complexity index is 611. The molecule has 2 rings (SSSR count). The predicted molar refractivity (Wildman–Crippen MR) is 83.1 cm³/mol. The summed E-state index contributed by atoms with van der Waals surface area (Å²) in [6.45, 7) is 6.47. The molecule has 0 unspecified atom stereocenters. The fourth-order valence-electron chi connectivity index (χ4n) is 1.83. The molecule has 1 heterocycles. The van der Waals surface area contributed by atoms with Crippen molar-refractivity contribution in [1.29, 1.82) is 0 Å². The van der Waals surface area contributed by atoms with Gasteiger partial charge in [0, 0.05) is 16.6 Å². The van der Waals surface area contributed by atoms with Crippen LogP contribution in [-0.2, 0) is 0 Å². The van der Waals surface area contributed by atoms with Gasteiger partial charge in [-0.05, 0) is 48.8 Å². The van der Waals surface area contributed by atoms with Crippen LogP contribution in [0.15, 0.2) is 22.7 Å². The lowest BCUT2D eigenvalue weighted by Gasteiger charge is -2.14. The SMILES string of the molecule is CCNc1nc(C)nc(Nc2c(F)cccc2Br)c1C. The number of nitrogens with one attached hydrogen (secondary N) is 2. The molecule has 0 aliphatic rings. The highest BCUT2D eigenvalue weighted by atomic mass is 79.9. The summed E-state index contributed by atoms with van der Waals surface area (Å²) in [4.78, 5) is 8.69. The summed E-state index contributed by atoms with van der Waals surface area (Å²) >= 11 is 3.34. The van der Waals surface area contributed by atoms with Gasteiger partial charge in [0.2, 0.25) is 0 Å². The quantitative estimate of drug-likeness (QED) is 0.878. The van der Waals surface area contributed by atoms with E-state index >= 15 is 0 Å². The molecule has 0 radical (unpaired) electrons. The molecule has 6 heteroatoms. The maximum absolute atomic E-state index is 13.9. The van der Waals surface area contributed by atoms with Gasteiger partial charge in [-0.15, -0.1) is 0 Å². The van der Waals surface area contributed by atoms with E-state index in [0.717, 1.165) is 17.9 Å². The third kappa shape index (κ3) is 3.07. The second kappa shape index (κ2) is 6.17. The Kier molecular flexibility index (Phi) is 4.54. The van der Waals surface area contributed by atoms with Gasteiger partial charge in [-0.3, -0.25) is 0 Å². The Morgan fingerprint density at radius 2 is 1.90 bits per heavy atom. The van der Waals surface area contributed by atoms with Gasteiger partial charge in [-0.2, -0.15) is 0 Å². The zero-order chi connectivity index (χ0) is 14.7. The van der Waals surface area contributed by atoms with Gasteiger partial charge in [-0.1, -0.05) is 6.07 Å². The van der Waals surface area contributed by atoms with Crippen LogP contribution < -0.4 is 10.6 Å². The number of anilines is 3. The first-order valence-corrected chi connectivity index (χ1v) is 7.12. The van der Waals surface area contributed by atoms with Gasteiger partial charge in [0.05, 0.1) is 5.69 Å². The molecule has 0 amide bonds. The fourth-order valence-corrected chi connectivity index (χ4v) is 2.27. The molecule has 1 aromatic heterocycles. The zero-order valence-electron chi connectivity index (χ0n) is 11.6. The summed E-state index contributed by atoms with van der Waals surface area (Å²) in [6, 6.07) is 4.83. The van der Waals surface area contributed by atoms with E-state index in [9.17, 15) is 4.39 Å². The minimum absolute atomic E-state index is 0.333. The monoisotopic (exact) mass is 338 g/mol. The number of halogens is 2. The van der Waals surface area contributed by atoms with Crippen LogP contribution in [-0.4, -0.2) is 16.5 Å². The summed E-state index contributed by atoms with van der Waals surface area (Å²) in [6.07, 6.45) is 0. The summed E-state index contributed by atoms with van der Waals surface area (Å²) in [5, 5.41) is 6.21. The van der Waals surface area contributed by atoms with Crippen LogP contribution in [0.1, 0.15) is 18.3 Å². The Morgan fingerprint density at radius 1 is 1.20 bits per heavy atom. The van der Waals surface area contributed by atoms with Crippen LogP contribution in [0.3, 0.4) is 0 Å². The Hall–Kier alpha value is -1.69. The van der Waals surface area contributed by atoms with Crippen LogP contribution in [0.2, 0.25) is 0 Å². The fraction of sp³-hybridized carbons (Fsp3) is 0.286. The van der Waals surface area contributed by atoms with Crippen LogP contribution >= 0.6 is 15.9 Å². The van der Waals surface area contributed by atoms with Gasteiger partial charge in [-0.25, -0.2) is 14.4 Å². The molecule has 20 heavy (non-hydrogen) atoms. The first kappa shape index (κ1) is 14.7. The highest BCUT2D eigenvalue weighted by molar-refractivity contribution is 9.10. The Morgan fingerprint density at radius 3 is 2.55 bits per heavy atom. The van der Waals surface area contributed by atoms with Gasteiger partial charge in [0.25, 0.3) is 0 Å². The Balaban J connectivity index is 2.43. The van der Waals surface area contributed by atoms with Crippen molar-refractivity contribution in [3.05, 3.63) is 39.9 Å². The highest BCUT2D eigenvalue weighted by Crippen LogP contribution is 2.30. The maximum Gasteiger partial charge on any atom is 0.147 e. The molecule has 4 nitrogen and oxygen atoms in total. The average molecular weight is 339 g/mol. The molecule has 0 saturated carbocycles. The molecule has 106 valence electrons. The summed E-state index contributed by atoms with van der Waals surface area (Å²) in [7, 11) is 0. The first-order chi connectivity index (χ1) is 9.52. The van der Waals surface area contributed by atoms with E-state index in [1.165, 1.54) is 6.07 Å². The van der Waals surface area contributed by atoms with Crippen LogP contribution in [0.4, 0.5) is 21.7 Å². The normalized spacial score (nSPS) is 10.4. The van der Waals surface area contributed by atoms with Crippen molar-refractivity contribution < 1.29 is 4.39 Å². The van der Waals surface area contributed by atoms with E-state index in [-0.39, 0.29) is 5.82 Å². The molecule has 0 aliphatic carbocycles. The largest absolute Gasteiger partial charge is 0.370 e. The molecular weight excluding hydrogens is 323 g/mol. The summed E-state index contributed by atoms with van der Waals surface area (Å²) < 4.78 is 14.5. The van der Waals surface area contributed by atoms with Crippen molar-refractivity contribution in [2.75, 3.05) is 17.2 Å². The van der Waals surface area contributed by atoms with Crippen molar-refractivity contribution >= 4 is 33.3 Å². The van der Waals surface area contributed by atoms with Crippen molar-refractivity contribution in [2.45, 2.75) is 20.8 Å². The van der Waals surface area contributed by atoms with E-state index in [1.807, 2.05) is 20.8 Å². The van der Waals surface area contributed by atoms with Crippen molar-refractivity contribution in [3.63, 3.8) is 0 Å². The molecule has 0 spiro atoms. The number of para-hydroxylation sites is 1. The van der Waals surface area contributed by atoms with Gasteiger partial charge < -0.3 is 10.6 Å². The van der Waals surface area contributed by atoms with Crippen LogP contribution in [0.25, 0.3) is 0 Å². The summed E-state index contributed by atoms with van der Waals surface area (Å²) in [5.41, 5.74) is 1.23. The minimum atomic E-state index is -0.333.